The van der Waals surface area contributed by atoms with Crippen LogP contribution in [0.1, 0.15) is 16.2 Å². The highest BCUT2D eigenvalue weighted by molar-refractivity contribution is 6.05. The molecule has 0 fully saturated rings. The molecule has 3 aromatic carbocycles. The summed E-state index contributed by atoms with van der Waals surface area (Å²) in [6, 6.07) is 21.8. The van der Waals surface area contributed by atoms with Crippen molar-refractivity contribution in [2.75, 3.05) is 24.9 Å². The molecule has 0 unspecified atom stereocenters. The molecule has 0 aliphatic carbocycles. The Labute approximate surface area is 185 Å². The topological polar surface area (TPSA) is 98.5 Å². The molecule has 0 aliphatic rings. The molecule has 2 N–H and O–H groups in total. The summed E-state index contributed by atoms with van der Waals surface area (Å²) in [6.07, 6.45) is 0. The van der Waals surface area contributed by atoms with Gasteiger partial charge in [0, 0.05) is 11.6 Å². The van der Waals surface area contributed by atoms with Crippen LogP contribution in [0.4, 0.5) is 11.4 Å². The second-order valence-electron chi connectivity index (χ2n) is 6.80. The van der Waals surface area contributed by atoms with Crippen molar-refractivity contribution in [2.45, 2.75) is 6.54 Å². The second-order valence-corrected chi connectivity index (χ2v) is 6.80. The fraction of sp³-hybridized carbons (Fsp3) is 0.125. The average molecular weight is 430 g/mol. The second kappa shape index (κ2) is 9.65. The first-order chi connectivity index (χ1) is 15.7. The maximum atomic E-state index is 12.5. The van der Waals surface area contributed by atoms with Gasteiger partial charge in [0.1, 0.15) is 11.5 Å². The van der Waals surface area contributed by atoms with Crippen LogP contribution in [-0.2, 0) is 6.54 Å². The van der Waals surface area contributed by atoms with Gasteiger partial charge in [0.05, 0.1) is 37.7 Å². The molecular weight excluding hydrogens is 408 g/mol. The summed E-state index contributed by atoms with van der Waals surface area (Å²) in [5.41, 5.74) is 2.66. The molecule has 0 spiro atoms. The van der Waals surface area contributed by atoms with Crippen molar-refractivity contribution < 1.29 is 18.8 Å². The number of rotatable bonds is 8. The molecule has 32 heavy (non-hydrogen) atoms. The molecule has 0 radical (unpaired) electrons. The molecule has 1 aromatic heterocycles. The third-order valence-electron chi connectivity index (χ3n) is 4.76. The monoisotopic (exact) mass is 430 g/mol. The van der Waals surface area contributed by atoms with E-state index in [1.54, 1.807) is 38.5 Å². The zero-order valence-electron chi connectivity index (χ0n) is 17.7. The normalized spacial score (nSPS) is 10.4. The number of anilines is 2. The average Bonchev–Trinajstić information content (AvgIpc) is 3.32. The van der Waals surface area contributed by atoms with E-state index < -0.39 is 0 Å². The maximum absolute atomic E-state index is 12.5. The lowest BCUT2D eigenvalue weighted by Gasteiger charge is -2.12. The van der Waals surface area contributed by atoms with E-state index in [9.17, 15) is 4.79 Å². The molecule has 0 bridgehead atoms. The largest absolute Gasteiger partial charge is 0.497 e. The lowest BCUT2D eigenvalue weighted by Crippen LogP contribution is -2.13. The number of aromatic nitrogens is 2. The van der Waals surface area contributed by atoms with Gasteiger partial charge < -0.3 is 24.6 Å². The van der Waals surface area contributed by atoms with Crippen LogP contribution >= 0.6 is 0 Å². The number of amides is 1. The number of nitrogens with one attached hydrogen (secondary N) is 2. The van der Waals surface area contributed by atoms with Gasteiger partial charge >= 0.3 is 0 Å². The minimum Gasteiger partial charge on any atom is -0.497 e. The van der Waals surface area contributed by atoms with Crippen LogP contribution in [-0.4, -0.2) is 30.3 Å². The van der Waals surface area contributed by atoms with E-state index in [0.717, 1.165) is 5.69 Å². The molecule has 0 atom stereocenters. The van der Waals surface area contributed by atoms with Gasteiger partial charge in [-0.25, -0.2) is 0 Å². The van der Waals surface area contributed by atoms with Gasteiger partial charge in [-0.05, 0) is 36.4 Å². The number of ether oxygens (including phenoxy) is 2. The highest BCUT2D eigenvalue weighted by atomic mass is 16.5. The van der Waals surface area contributed by atoms with Crippen molar-refractivity contribution >= 4 is 17.3 Å². The molecule has 8 nitrogen and oxygen atoms in total. The summed E-state index contributed by atoms with van der Waals surface area (Å²) in [6.45, 7) is 0.281. The predicted molar refractivity (Wildman–Crippen MR) is 121 cm³/mol. The summed E-state index contributed by atoms with van der Waals surface area (Å²) in [7, 11) is 3.16. The number of hydrogen-bond acceptors (Lipinski definition) is 7. The Kier molecular flexibility index (Phi) is 6.31. The van der Waals surface area contributed by atoms with Crippen LogP contribution in [0.5, 0.6) is 11.5 Å². The molecule has 1 amide bonds. The van der Waals surface area contributed by atoms with E-state index >= 15 is 0 Å². The molecule has 162 valence electrons. The molecule has 8 heteroatoms. The molecular formula is C24H22N4O4. The quantitative estimate of drug-likeness (QED) is 0.421. The van der Waals surface area contributed by atoms with E-state index in [2.05, 4.69) is 20.8 Å². The zero-order valence-corrected chi connectivity index (χ0v) is 17.7. The van der Waals surface area contributed by atoms with Crippen LogP contribution in [0, 0.1) is 0 Å². The maximum Gasteiger partial charge on any atom is 0.255 e. The molecule has 0 aliphatic heterocycles. The number of benzene rings is 3. The minimum absolute atomic E-state index is 0.188. The van der Waals surface area contributed by atoms with Gasteiger partial charge in [0.25, 0.3) is 5.91 Å². The van der Waals surface area contributed by atoms with Gasteiger partial charge in [-0.1, -0.05) is 35.5 Å². The summed E-state index contributed by atoms with van der Waals surface area (Å²) in [5.74, 6) is 1.87. The molecule has 4 aromatic rings. The van der Waals surface area contributed by atoms with Crippen LogP contribution in [0.3, 0.4) is 0 Å². The fourth-order valence-electron chi connectivity index (χ4n) is 3.12. The number of nitrogens with zero attached hydrogens (tertiary/aromatic N) is 2. The van der Waals surface area contributed by atoms with Crippen molar-refractivity contribution in [3.63, 3.8) is 0 Å². The van der Waals surface area contributed by atoms with Crippen LogP contribution in [0.2, 0.25) is 0 Å². The SMILES string of the molecule is COc1ccc(-c2noc(CNc3ccccc3NC(=O)c3ccccc3)n2)c(OC)c1. The van der Waals surface area contributed by atoms with Crippen LogP contribution in [0.25, 0.3) is 11.4 Å². The number of carbonyl (C=O) groups is 1. The van der Waals surface area contributed by atoms with Gasteiger partial charge in [0.15, 0.2) is 0 Å². The summed E-state index contributed by atoms with van der Waals surface area (Å²) in [5, 5.41) is 10.2. The first-order valence-electron chi connectivity index (χ1n) is 9.92. The van der Waals surface area contributed by atoms with Crippen molar-refractivity contribution in [2.24, 2.45) is 0 Å². The fourth-order valence-corrected chi connectivity index (χ4v) is 3.12. The molecule has 4 rings (SSSR count). The Morgan fingerprint density at radius 2 is 1.69 bits per heavy atom. The number of carbonyl (C=O) groups excluding carboxylic acids is 1. The Bertz CT molecular complexity index is 1210. The van der Waals surface area contributed by atoms with Gasteiger partial charge in [-0.3, -0.25) is 4.79 Å². The van der Waals surface area contributed by atoms with E-state index in [-0.39, 0.29) is 12.5 Å². The van der Waals surface area contributed by atoms with Crippen LogP contribution in [0.15, 0.2) is 77.3 Å². The Hall–Kier alpha value is -4.33. The Balaban J connectivity index is 1.47. The smallest absolute Gasteiger partial charge is 0.255 e. The van der Waals surface area contributed by atoms with E-state index in [4.69, 9.17) is 14.0 Å². The lowest BCUT2D eigenvalue weighted by atomic mass is 10.2. The van der Waals surface area contributed by atoms with Gasteiger partial charge in [-0.2, -0.15) is 4.98 Å². The van der Waals surface area contributed by atoms with E-state index in [1.165, 1.54) is 0 Å². The number of hydrogen-bond donors (Lipinski definition) is 2. The van der Waals surface area contributed by atoms with Crippen molar-refractivity contribution in [1.82, 2.24) is 10.1 Å². The third kappa shape index (κ3) is 4.70. The number of para-hydroxylation sites is 2. The van der Waals surface area contributed by atoms with E-state index in [1.807, 2.05) is 48.5 Å². The van der Waals surface area contributed by atoms with Crippen molar-refractivity contribution in [1.29, 1.82) is 0 Å². The molecule has 1 heterocycles. The lowest BCUT2D eigenvalue weighted by molar-refractivity contribution is 0.102. The highest BCUT2D eigenvalue weighted by Crippen LogP contribution is 2.31. The Morgan fingerprint density at radius 1 is 0.938 bits per heavy atom. The predicted octanol–water partition coefficient (Wildman–Crippen LogP) is 4.62. The zero-order chi connectivity index (χ0) is 22.3. The summed E-state index contributed by atoms with van der Waals surface area (Å²) < 4.78 is 16.0. The van der Waals surface area contributed by atoms with Crippen molar-refractivity contribution in [3.05, 3.63) is 84.3 Å². The number of methoxy groups -OCH3 is 2. The summed E-state index contributed by atoms with van der Waals surface area (Å²) in [4.78, 5) is 17.0. The molecule has 0 saturated heterocycles. The standard InChI is InChI=1S/C24H22N4O4/c1-30-17-12-13-18(21(14-17)31-2)23-27-22(32-28-23)15-25-19-10-6-7-11-20(19)26-24(29)16-8-4-3-5-9-16/h3-14,25H,15H2,1-2H3,(H,26,29). The van der Waals surface area contributed by atoms with Gasteiger partial charge in [-0.15, -0.1) is 0 Å². The van der Waals surface area contributed by atoms with Gasteiger partial charge in [0.2, 0.25) is 11.7 Å². The minimum atomic E-state index is -0.188. The first-order valence-corrected chi connectivity index (χ1v) is 9.92. The third-order valence-corrected chi connectivity index (χ3v) is 4.76. The first kappa shape index (κ1) is 20.9. The summed E-state index contributed by atoms with van der Waals surface area (Å²) >= 11 is 0. The molecule has 0 saturated carbocycles. The van der Waals surface area contributed by atoms with E-state index in [0.29, 0.717) is 40.0 Å². The van der Waals surface area contributed by atoms with Crippen molar-refractivity contribution in [3.8, 4) is 22.9 Å². The highest BCUT2D eigenvalue weighted by Gasteiger charge is 2.15. The Morgan fingerprint density at radius 3 is 2.44 bits per heavy atom. The van der Waals surface area contributed by atoms with Crippen LogP contribution < -0.4 is 20.1 Å².